The van der Waals surface area contributed by atoms with Gasteiger partial charge in [0.1, 0.15) is 0 Å². The third kappa shape index (κ3) is 3.22. The molecule has 0 radical (unpaired) electrons. The van der Waals surface area contributed by atoms with Gasteiger partial charge in [0.25, 0.3) is 0 Å². The lowest BCUT2D eigenvalue weighted by atomic mass is 10.0. The number of hydrogen-bond donors (Lipinski definition) is 1. The average Bonchev–Trinajstić information content (AvgIpc) is 2.86. The summed E-state index contributed by atoms with van der Waals surface area (Å²) in [6.45, 7) is 7.74. The zero-order valence-electron chi connectivity index (χ0n) is 10.7. The van der Waals surface area contributed by atoms with Gasteiger partial charge in [-0.25, -0.2) is 4.79 Å². The first-order valence-electron chi connectivity index (χ1n) is 6.05. The number of amides is 2. The molecule has 2 amide bonds. The fourth-order valence-electron chi connectivity index (χ4n) is 2.12. The summed E-state index contributed by atoms with van der Waals surface area (Å²) in [6, 6.07) is 2.23. The second-order valence-electron chi connectivity index (χ2n) is 5.67. The van der Waals surface area contributed by atoms with Crippen molar-refractivity contribution in [1.82, 2.24) is 10.2 Å². The van der Waals surface area contributed by atoms with Gasteiger partial charge < -0.3 is 10.2 Å². The lowest BCUT2D eigenvalue weighted by molar-refractivity contribution is 0.199. The summed E-state index contributed by atoms with van der Waals surface area (Å²) in [7, 11) is 0. The number of likely N-dealkylation sites (tertiary alicyclic amines) is 1. The van der Waals surface area contributed by atoms with E-state index in [1.165, 1.54) is 5.56 Å². The molecule has 94 valence electrons. The summed E-state index contributed by atoms with van der Waals surface area (Å²) in [6.07, 6.45) is 1.08. The van der Waals surface area contributed by atoms with Gasteiger partial charge in [-0.1, -0.05) is 0 Å². The summed E-state index contributed by atoms with van der Waals surface area (Å²) in [5.41, 5.74) is 1.22. The summed E-state index contributed by atoms with van der Waals surface area (Å²) in [4.78, 5) is 13.9. The van der Waals surface area contributed by atoms with E-state index in [0.29, 0.717) is 5.92 Å². The maximum absolute atomic E-state index is 12.0. The third-order valence-electron chi connectivity index (χ3n) is 2.97. The Morgan fingerprint density at radius 2 is 2.29 bits per heavy atom. The van der Waals surface area contributed by atoms with Crippen molar-refractivity contribution in [1.29, 1.82) is 0 Å². The van der Waals surface area contributed by atoms with Crippen molar-refractivity contribution in [3.8, 4) is 0 Å². The molecule has 4 heteroatoms. The molecule has 1 atom stereocenters. The highest BCUT2D eigenvalue weighted by molar-refractivity contribution is 7.07. The topological polar surface area (TPSA) is 32.3 Å². The van der Waals surface area contributed by atoms with Crippen LogP contribution in [0, 0.1) is 0 Å². The lowest BCUT2D eigenvalue weighted by Gasteiger charge is -2.25. The predicted molar refractivity (Wildman–Crippen MR) is 71.5 cm³/mol. The Balaban J connectivity index is 1.92. The fraction of sp³-hybridized carbons (Fsp3) is 0.615. The first-order chi connectivity index (χ1) is 7.96. The van der Waals surface area contributed by atoms with Crippen LogP contribution in [0.5, 0.6) is 0 Å². The van der Waals surface area contributed by atoms with E-state index in [1.807, 2.05) is 25.7 Å². The number of hydrogen-bond acceptors (Lipinski definition) is 2. The molecule has 0 aromatic carbocycles. The van der Waals surface area contributed by atoms with E-state index in [1.54, 1.807) is 11.3 Å². The molecule has 2 heterocycles. The SMILES string of the molecule is CC(C)(C)NC(=O)N1CCC(c2ccsc2)C1. The van der Waals surface area contributed by atoms with Gasteiger partial charge in [0.15, 0.2) is 0 Å². The molecule has 0 aliphatic carbocycles. The second-order valence-corrected chi connectivity index (χ2v) is 6.45. The van der Waals surface area contributed by atoms with E-state index in [9.17, 15) is 4.79 Å². The van der Waals surface area contributed by atoms with Crippen LogP contribution < -0.4 is 5.32 Å². The molecule has 1 aliphatic heterocycles. The van der Waals surface area contributed by atoms with Gasteiger partial charge in [0, 0.05) is 24.5 Å². The molecule has 1 N–H and O–H groups in total. The van der Waals surface area contributed by atoms with Crippen molar-refractivity contribution in [2.45, 2.75) is 38.6 Å². The first kappa shape index (κ1) is 12.4. The minimum atomic E-state index is -0.155. The molecular weight excluding hydrogens is 232 g/mol. The van der Waals surface area contributed by atoms with Gasteiger partial charge in [-0.2, -0.15) is 11.3 Å². The van der Waals surface area contributed by atoms with E-state index in [-0.39, 0.29) is 11.6 Å². The molecule has 0 saturated carbocycles. The van der Waals surface area contributed by atoms with Crippen LogP contribution >= 0.6 is 11.3 Å². The van der Waals surface area contributed by atoms with E-state index < -0.39 is 0 Å². The number of nitrogens with one attached hydrogen (secondary N) is 1. The minimum Gasteiger partial charge on any atom is -0.333 e. The van der Waals surface area contributed by atoms with E-state index >= 15 is 0 Å². The van der Waals surface area contributed by atoms with Gasteiger partial charge in [-0.15, -0.1) is 0 Å². The smallest absolute Gasteiger partial charge is 0.317 e. The van der Waals surface area contributed by atoms with Crippen molar-refractivity contribution in [2.24, 2.45) is 0 Å². The Morgan fingerprint density at radius 3 is 2.88 bits per heavy atom. The van der Waals surface area contributed by atoms with Crippen molar-refractivity contribution in [3.05, 3.63) is 22.4 Å². The minimum absolute atomic E-state index is 0.0650. The number of nitrogens with zero attached hydrogens (tertiary/aromatic N) is 1. The van der Waals surface area contributed by atoms with E-state index in [0.717, 1.165) is 19.5 Å². The Kier molecular flexibility index (Phi) is 3.43. The second kappa shape index (κ2) is 4.69. The largest absolute Gasteiger partial charge is 0.333 e. The fourth-order valence-corrected chi connectivity index (χ4v) is 2.87. The highest BCUT2D eigenvalue weighted by Gasteiger charge is 2.28. The van der Waals surface area contributed by atoms with Gasteiger partial charge in [-0.3, -0.25) is 0 Å². The highest BCUT2D eigenvalue weighted by atomic mass is 32.1. The Labute approximate surface area is 107 Å². The van der Waals surface area contributed by atoms with Crippen LogP contribution in [0.3, 0.4) is 0 Å². The normalized spacial score (nSPS) is 20.6. The lowest BCUT2D eigenvalue weighted by Crippen LogP contribution is -2.47. The summed E-state index contributed by atoms with van der Waals surface area (Å²) in [5.74, 6) is 0.520. The summed E-state index contributed by atoms with van der Waals surface area (Å²) < 4.78 is 0. The zero-order valence-corrected chi connectivity index (χ0v) is 11.5. The number of carbonyl (C=O) groups is 1. The molecule has 1 aliphatic rings. The molecule has 1 aromatic heterocycles. The highest BCUT2D eigenvalue weighted by Crippen LogP contribution is 2.28. The molecule has 1 fully saturated rings. The predicted octanol–water partition coefficient (Wildman–Crippen LogP) is 3.05. The average molecular weight is 252 g/mol. The van der Waals surface area contributed by atoms with Crippen molar-refractivity contribution in [2.75, 3.05) is 13.1 Å². The molecule has 17 heavy (non-hydrogen) atoms. The number of rotatable bonds is 1. The van der Waals surface area contributed by atoms with Gasteiger partial charge in [0.2, 0.25) is 0 Å². The van der Waals surface area contributed by atoms with Crippen molar-refractivity contribution >= 4 is 17.4 Å². The number of thiophene rings is 1. The van der Waals surface area contributed by atoms with Crippen LogP contribution in [0.2, 0.25) is 0 Å². The monoisotopic (exact) mass is 252 g/mol. The molecule has 0 bridgehead atoms. The third-order valence-corrected chi connectivity index (χ3v) is 3.67. The molecule has 0 spiro atoms. The molecule has 1 unspecified atom stereocenters. The van der Waals surface area contributed by atoms with E-state index in [4.69, 9.17) is 0 Å². The maximum atomic E-state index is 12.0. The van der Waals surface area contributed by atoms with Crippen LogP contribution in [0.15, 0.2) is 16.8 Å². The Hall–Kier alpha value is -1.03. The zero-order chi connectivity index (χ0) is 12.5. The van der Waals surface area contributed by atoms with E-state index in [2.05, 4.69) is 22.1 Å². The van der Waals surface area contributed by atoms with Crippen molar-refractivity contribution in [3.63, 3.8) is 0 Å². The van der Waals surface area contributed by atoms with Crippen LogP contribution in [0.1, 0.15) is 38.7 Å². The molecule has 3 nitrogen and oxygen atoms in total. The molecule has 1 aromatic rings. The van der Waals surface area contributed by atoms with Gasteiger partial charge in [-0.05, 0) is 49.6 Å². The Morgan fingerprint density at radius 1 is 1.53 bits per heavy atom. The molecule has 1 saturated heterocycles. The van der Waals surface area contributed by atoms with Crippen LogP contribution in [-0.2, 0) is 0 Å². The van der Waals surface area contributed by atoms with Gasteiger partial charge >= 0.3 is 6.03 Å². The number of carbonyl (C=O) groups excluding carboxylic acids is 1. The summed E-state index contributed by atoms with van der Waals surface area (Å²) in [5, 5.41) is 7.31. The quantitative estimate of drug-likeness (QED) is 0.818. The molecular formula is C13H20N2OS. The Bertz CT molecular complexity index is 381. The number of urea groups is 1. The maximum Gasteiger partial charge on any atom is 0.317 e. The van der Waals surface area contributed by atoms with Crippen LogP contribution in [-0.4, -0.2) is 29.6 Å². The van der Waals surface area contributed by atoms with Crippen LogP contribution in [0.4, 0.5) is 4.79 Å². The standard InChI is InChI=1S/C13H20N2OS/c1-13(2,3)14-12(16)15-6-4-10(8-15)11-5-7-17-9-11/h5,7,9-10H,4,6,8H2,1-3H3,(H,14,16). The summed E-state index contributed by atoms with van der Waals surface area (Å²) >= 11 is 1.73. The van der Waals surface area contributed by atoms with Gasteiger partial charge in [0.05, 0.1) is 0 Å². The first-order valence-corrected chi connectivity index (χ1v) is 6.99. The molecule has 2 rings (SSSR count). The van der Waals surface area contributed by atoms with Crippen molar-refractivity contribution < 1.29 is 4.79 Å². The van der Waals surface area contributed by atoms with Crippen LogP contribution in [0.25, 0.3) is 0 Å².